The standard InChI is InChI=1S/C17H22N4O.ClH/c1-21-16-9-5-8-15(13(16)11-19-21)20-17(22)14(18)10-12-6-3-2-4-7-12;/h2-4,6-7,11,14-15H,5,8-10,18H2,1H3,(H,20,22);1H/t14-,15?;/m0./s1. The number of benzene rings is 1. The number of rotatable bonds is 4. The Labute approximate surface area is 142 Å². The molecule has 2 aromatic rings. The van der Waals surface area contributed by atoms with Gasteiger partial charge < -0.3 is 11.1 Å². The number of nitrogens with two attached hydrogens (primary N) is 1. The molecule has 1 unspecified atom stereocenters. The van der Waals surface area contributed by atoms with Crippen LogP contribution >= 0.6 is 12.4 Å². The van der Waals surface area contributed by atoms with E-state index in [1.54, 1.807) is 0 Å². The highest BCUT2D eigenvalue weighted by Crippen LogP contribution is 2.29. The van der Waals surface area contributed by atoms with Gasteiger partial charge in [0.15, 0.2) is 0 Å². The molecule has 1 aliphatic carbocycles. The smallest absolute Gasteiger partial charge is 0.237 e. The highest BCUT2D eigenvalue weighted by Gasteiger charge is 2.26. The molecule has 0 saturated heterocycles. The Bertz CT molecular complexity index is 656. The fourth-order valence-electron chi connectivity index (χ4n) is 3.10. The number of fused-ring (bicyclic) bond motifs is 1. The van der Waals surface area contributed by atoms with Crippen molar-refractivity contribution in [1.82, 2.24) is 15.1 Å². The lowest BCUT2D eigenvalue weighted by molar-refractivity contribution is -0.123. The van der Waals surface area contributed by atoms with Gasteiger partial charge in [-0.25, -0.2) is 0 Å². The maximum absolute atomic E-state index is 12.4. The Balaban J connectivity index is 0.00000192. The number of hydrogen-bond donors (Lipinski definition) is 2. The van der Waals surface area contributed by atoms with E-state index in [9.17, 15) is 4.79 Å². The van der Waals surface area contributed by atoms with Crippen molar-refractivity contribution in [2.75, 3.05) is 0 Å². The molecule has 0 saturated carbocycles. The average Bonchev–Trinajstić information content (AvgIpc) is 2.91. The van der Waals surface area contributed by atoms with Gasteiger partial charge in [-0.05, 0) is 31.2 Å². The third kappa shape index (κ3) is 3.92. The molecule has 0 aliphatic heterocycles. The van der Waals surface area contributed by atoms with Crippen molar-refractivity contribution >= 4 is 18.3 Å². The number of aryl methyl sites for hydroxylation is 1. The SMILES string of the molecule is Cl.Cn1ncc2c1CCCC2NC(=O)[C@@H](N)Cc1ccccc1. The summed E-state index contributed by atoms with van der Waals surface area (Å²) in [6.07, 6.45) is 5.45. The number of carbonyl (C=O) groups excluding carboxylic acids is 1. The van der Waals surface area contributed by atoms with Crippen LogP contribution in [0, 0.1) is 0 Å². The van der Waals surface area contributed by atoms with E-state index >= 15 is 0 Å². The summed E-state index contributed by atoms with van der Waals surface area (Å²) >= 11 is 0. The van der Waals surface area contributed by atoms with Gasteiger partial charge in [-0.15, -0.1) is 12.4 Å². The van der Waals surface area contributed by atoms with Crippen molar-refractivity contribution in [1.29, 1.82) is 0 Å². The van der Waals surface area contributed by atoms with Gasteiger partial charge in [0.1, 0.15) is 0 Å². The van der Waals surface area contributed by atoms with Gasteiger partial charge in [-0.1, -0.05) is 30.3 Å². The lowest BCUT2D eigenvalue weighted by Gasteiger charge is -2.25. The Kier molecular flexibility index (Phi) is 5.80. The summed E-state index contributed by atoms with van der Waals surface area (Å²) in [6, 6.07) is 9.38. The molecule has 1 aromatic carbocycles. The molecule has 1 amide bonds. The molecule has 0 spiro atoms. The molecule has 3 rings (SSSR count). The average molecular weight is 335 g/mol. The highest BCUT2D eigenvalue weighted by atomic mass is 35.5. The van der Waals surface area contributed by atoms with E-state index in [0.29, 0.717) is 6.42 Å². The normalized spacial score (nSPS) is 17.7. The predicted molar refractivity (Wildman–Crippen MR) is 92.4 cm³/mol. The van der Waals surface area contributed by atoms with Crippen molar-refractivity contribution in [3.63, 3.8) is 0 Å². The van der Waals surface area contributed by atoms with Crippen LogP contribution in [0.5, 0.6) is 0 Å². The van der Waals surface area contributed by atoms with Crippen LogP contribution in [0.25, 0.3) is 0 Å². The molecular formula is C17H23ClN4O. The minimum absolute atomic E-state index is 0. The third-order valence-electron chi connectivity index (χ3n) is 4.33. The van der Waals surface area contributed by atoms with E-state index in [4.69, 9.17) is 5.73 Å². The molecule has 0 fully saturated rings. The van der Waals surface area contributed by atoms with Crippen LogP contribution in [-0.4, -0.2) is 21.7 Å². The zero-order valence-corrected chi connectivity index (χ0v) is 14.1. The monoisotopic (exact) mass is 334 g/mol. The van der Waals surface area contributed by atoms with Crippen LogP contribution in [0.3, 0.4) is 0 Å². The van der Waals surface area contributed by atoms with Crippen molar-refractivity contribution in [3.05, 3.63) is 53.3 Å². The first-order chi connectivity index (χ1) is 10.6. The minimum Gasteiger partial charge on any atom is -0.348 e. The maximum atomic E-state index is 12.4. The number of nitrogens with zero attached hydrogens (tertiary/aromatic N) is 2. The Morgan fingerprint density at radius 3 is 2.91 bits per heavy atom. The largest absolute Gasteiger partial charge is 0.348 e. The number of amides is 1. The summed E-state index contributed by atoms with van der Waals surface area (Å²) in [5.41, 5.74) is 9.49. The summed E-state index contributed by atoms with van der Waals surface area (Å²) in [4.78, 5) is 12.4. The van der Waals surface area contributed by atoms with Crippen LogP contribution in [0.1, 0.15) is 35.7 Å². The van der Waals surface area contributed by atoms with E-state index in [0.717, 1.165) is 30.4 Å². The summed E-state index contributed by atoms with van der Waals surface area (Å²) < 4.78 is 1.90. The Morgan fingerprint density at radius 2 is 2.17 bits per heavy atom. The van der Waals surface area contributed by atoms with Gasteiger partial charge in [0.2, 0.25) is 5.91 Å². The van der Waals surface area contributed by atoms with Gasteiger partial charge in [-0.2, -0.15) is 5.10 Å². The molecular weight excluding hydrogens is 312 g/mol. The fourth-order valence-corrected chi connectivity index (χ4v) is 3.10. The summed E-state index contributed by atoms with van der Waals surface area (Å²) in [5, 5.41) is 7.39. The zero-order valence-electron chi connectivity index (χ0n) is 13.2. The van der Waals surface area contributed by atoms with Crippen molar-refractivity contribution < 1.29 is 4.79 Å². The first-order valence-electron chi connectivity index (χ1n) is 7.76. The molecule has 1 aromatic heterocycles. The second-order valence-corrected chi connectivity index (χ2v) is 5.92. The molecule has 124 valence electrons. The zero-order chi connectivity index (χ0) is 15.5. The van der Waals surface area contributed by atoms with Gasteiger partial charge in [0, 0.05) is 18.3 Å². The topological polar surface area (TPSA) is 72.9 Å². The Morgan fingerprint density at radius 1 is 1.43 bits per heavy atom. The van der Waals surface area contributed by atoms with Gasteiger partial charge in [0.05, 0.1) is 18.3 Å². The number of nitrogens with one attached hydrogen (secondary N) is 1. The quantitative estimate of drug-likeness (QED) is 0.897. The van der Waals surface area contributed by atoms with Crippen LogP contribution in [0.15, 0.2) is 36.5 Å². The summed E-state index contributed by atoms with van der Waals surface area (Å²) in [6.45, 7) is 0. The molecule has 6 heteroatoms. The molecule has 0 bridgehead atoms. The van der Waals surface area contributed by atoms with Crippen molar-refractivity contribution in [2.24, 2.45) is 12.8 Å². The molecule has 3 N–H and O–H groups in total. The van der Waals surface area contributed by atoms with Gasteiger partial charge >= 0.3 is 0 Å². The first-order valence-corrected chi connectivity index (χ1v) is 7.76. The molecule has 1 aliphatic rings. The first kappa shape index (κ1) is 17.5. The second kappa shape index (κ2) is 7.62. The van der Waals surface area contributed by atoms with E-state index in [1.807, 2.05) is 48.3 Å². The number of halogens is 1. The molecule has 0 radical (unpaired) electrons. The second-order valence-electron chi connectivity index (χ2n) is 5.92. The number of aromatic nitrogens is 2. The maximum Gasteiger partial charge on any atom is 0.237 e. The highest BCUT2D eigenvalue weighted by molar-refractivity contribution is 5.85. The van der Waals surface area contributed by atoms with Crippen LogP contribution in [-0.2, 0) is 24.7 Å². The van der Waals surface area contributed by atoms with E-state index in [1.165, 1.54) is 5.69 Å². The molecule has 23 heavy (non-hydrogen) atoms. The number of carbonyl (C=O) groups is 1. The van der Waals surface area contributed by atoms with Gasteiger partial charge in [0.25, 0.3) is 0 Å². The Hall–Kier alpha value is -1.85. The van der Waals surface area contributed by atoms with E-state index in [-0.39, 0.29) is 24.4 Å². The summed E-state index contributed by atoms with van der Waals surface area (Å²) in [7, 11) is 1.95. The van der Waals surface area contributed by atoms with E-state index in [2.05, 4.69) is 10.4 Å². The molecule has 2 atom stereocenters. The third-order valence-corrected chi connectivity index (χ3v) is 4.33. The predicted octanol–water partition coefficient (Wildman–Crippen LogP) is 1.91. The lowest BCUT2D eigenvalue weighted by Crippen LogP contribution is -2.44. The van der Waals surface area contributed by atoms with E-state index < -0.39 is 6.04 Å². The van der Waals surface area contributed by atoms with Crippen LogP contribution in [0.2, 0.25) is 0 Å². The lowest BCUT2D eigenvalue weighted by atomic mass is 9.92. The van der Waals surface area contributed by atoms with Crippen LogP contribution in [0.4, 0.5) is 0 Å². The molecule has 1 heterocycles. The minimum atomic E-state index is -0.524. The van der Waals surface area contributed by atoms with Crippen molar-refractivity contribution in [3.8, 4) is 0 Å². The summed E-state index contributed by atoms with van der Waals surface area (Å²) in [5.74, 6) is -0.0921. The van der Waals surface area contributed by atoms with Crippen molar-refractivity contribution in [2.45, 2.75) is 37.8 Å². The fraction of sp³-hybridized carbons (Fsp3) is 0.412. The van der Waals surface area contributed by atoms with Crippen LogP contribution < -0.4 is 11.1 Å². The van der Waals surface area contributed by atoms with Gasteiger partial charge in [-0.3, -0.25) is 9.48 Å². The molecule has 5 nitrogen and oxygen atoms in total. The number of hydrogen-bond acceptors (Lipinski definition) is 3.